The standard InChI is InChI=1S/C9H14BrN3/c1-2-3-4-5-12-9-8(10)6-11-7-13-9/h6-7H,2-5H2,1H3,(H,11,12,13). The molecule has 1 heterocycles. The third-order valence-electron chi connectivity index (χ3n) is 1.74. The lowest BCUT2D eigenvalue weighted by atomic mass is 10.2. The van der Waals surface area contributed by atoms with Crippen LogP contribution in [0.4, 0.5) is 5.82 Å². The topological polar surface area (TPSA) is 37.8 Å². The Morgan fingerprint density at radius 3 is 3.00 bits per heavy atom. The van der Waals surface area contributed by atoms with Crippen molar-refractivity contribution in [1.82, 2.24) is 9.97 Å². The van der Waals surface area contributed by atoms with E-state index in [1.54, 1.807) is 12.5 Å². The van der Waals surface area contributed by atoms with Gasteiger partial charge in [-0.25, -0.2) is 9.97 Å². The summed E-state index contributed by atoms with van der Waals surface area (Å²) in [6.45, 7) is 3.17. The van der Waals surface area contributed by atoms with Gasteiger partial charge in [0, 0.05) is 12.7 Å². The fourth-order valence-corrected chi connectivity index (χ4v) is 1.39. The molecule has 0 fully saturated rings. The first-order valence-electron chi connectivity index (χ1n) is 4.54. The van der Waals surface area contributed by atoms with Gasteiger partial charge >= 0.3 is 0 Å². The fraction of sp³-hybridized carbons (Fsp3) is 0.556. The van der Waals surface area contributed by atoms with E-state index in [0.717, 1.165) is 16.8 Å². The van der Waals surface area contributed by atoms with E-state index in [1.165, 1.54) is 19.3 Å². The summed E-state index contributed by atoms with van der Waals surface area (Å²) < 4.78 is 0.923. The molecule has 0 spiro atoms. The Kier molecular flexibility index (Phi) is 4.75. The summed E-state index contributed by atoms with van der Waals surface area (Å²) in [6.07, 6.45) is 6.98. The lowest BCUT2D eigenvalue weighted by Gasteiger charge is -2.05. The zero-order valence-corrected chi connectivity index (χ0v) is 9.34. The van der Waals surface area contributed by atoms with E-state index in [-0.39, 0.29) is 0 Å². The van der Waals surface area contributed by atoms with Crippen LogP contribution in [0.1, 0.15) is 26.2 Å². The third-order valence-corrected chi connectivity index (χ3v) is 2.32. The summed E-state index contributed by atoms with van der Waals surface area (Å²) in [6, 6.07) is 0. The fourth-order valence-electron chi connectivity index (χ4n) is 1.02. The van der Waals surface area contributed by atoms with E-state index in [0.29, 0.717) is 0 Å². The second-order valence-corrected chi connectivity index (χ2v) is 3.71. The summed E-state index contributed by atoms with van der Waals surface area (Å²) in [5.41, 5.74) is 0. The van der Waals surface area contributed by atoms with Gasteiger partial charge in [-0.1, -0.05) is 19.8 Å². The highest BCUT2D eigenvalue weighted by Gasteiger charge is 1.97. The van der Waals surface area contributed by atoms with Crippen molar-refractivity contribution < 1.29 is 0 Å². The predicted molar refractivity (Wildman–Crippen MR) is 57.7 cm³/mol. The predicted octanol–water partition coefficient (Wildman–Crippen LogP) is 2.84. The Morgan fingerprint density at radius 1 is 1.46 bits per heavy atom. The number of halogens is 1. The van der Waals surface area contributed by atoms with E-state index in [2.05, 4.69) is 38.1 Å². The van der Waals surface area contributed by atoms with Gasteiger partial charge in [-0.2, -0.15) is 0 Å². The molecule has 0 unspecified atom stereocenters. The van der Waals surface area contributed by atoms with Crippen molar-refractivity contribution in [2.45, 2.75) is 26.2 Å². The summed E-state index contributed by atoms with van der Waals surface area (Å²) in [5, 5.41) is 3.25. The van der Waals surface area contributed by atoms with Crippen LogP contribution in [0.2, 0.25) is 0 Å². The molecule has 0 bridgehead atoms. The molecule has 4 heteroatoms. The van der Waals surface area contributed by atoms with Gasteiger partial charge in [-0.05, 0) is 22.4 Å². The first-order chi connectivity index (χ1) is 6.34. The number of unbranched alkanes of at least 4 members (excludes halogenated alkanes) is 2. The van der Waals surface area contributed by atoms with Gasteiger partial charge in [-0.3, -0.25) is 0 Å². The Balaban J connectivity index is 2.32. The molecule has 0 saturated heterocycles. The van der Waals surface area contributed by atoms with Crippen molar-refractivity contribution in [2.24, 2.45) is 0 Å². The molecule has 1 rings (SSSR count). The van der Waals surface area contributed by atoms with Crippen LogP contribution in [0.25, 0.3) is 0 Å². The summed E-state index contributed by atoms with van der Waals surface area (Å²) >= 11 is 3.38. The van der Waals surface area contributed by atoms with Gasteiger partial charge in [-0.15, -0.1) is 0 Å². The number of aromatic nitrogens is 2. The lowest BCUT2D eigenvalue weighted by Crippen LogP contribution is -2.03. The van der Waals surface area contributed by atoms with Crippen LogP contribution in [0.15, 0.2) is 17.0 Å². The molecule has 1 aromatic rings. The average Bonchev–Trinajstić information content (AvgIpc) is 2.15. The minimum absolute atomic E-state index is 0.881. The van der Waals surface area contributed by atoms with E-state index in [1.807, 2.05) is 0 Å². The van der Waals surface area contributed by atoms with Gasteiger partial charge in [0.2, 0.25) is 0 Å². The van der Waals surface area contributed by atoms with Crippen molar-refractivity contribution in [3.05, 3.63) is 17.0 Å². The van der Waals surface area contributed by atoms with Crippen LogP contribution in [0.5, 0.6) is 0 Å². The number of hydrogen-bond acceptors (Lipinski definition) is 3. The number of nitrogens with one attached hydrogen (secondary N) is 1. The summed E-state index contributed by atoms with van der Waals surface area (Å²) in [4.78, 5) is 8.00. The van der Waals surface area contributed by atoms with E-state index in [4.69, 9.17) is 0 Å². The second kappa shape index (κ2) is 5.91. The highest BCUT2D eigenvalue weighted by Crippen LogP contribution is 2.16. The number of hydrogen-bond donors (Lipinski definition) is 1. The van der Waals surface area contributed by atoms with Gasteiger partial charge in [0.1, 0.15) is 12.1 Å². The van der Waals surface area contributed by atoms with E-state index in [9.17, 15) is 0 Å². The minimum Gasteiger partial charge on any atom is -0.369 e. The zero-order valence-electron chi connectivity index (χ0n) is 7.76. The molecule has 1 aromatic heterocycles. The van der Waals surface area contributed by atoms with Crippen molar-refractivity contribution >= 4 is 21.7 Å². The Bertz CT molecular complexity index is 252. The lowest BCUT2D eigenvalue weighted by molar-refractivity contribution is 0.742. The Labute approximate surface area is 87.1 Å². The molecule has 0 saturated carbocycles. The SMILES string of the molecule is CCCCCNc1ncncc1Br. The van der Waals surface area contributed by atoms with Gasteiger partial charge < -0.3 is 5.32 Å². The molecule has 0 aliphatic carbocycles. The monoisotopic (exact) mass is 243 g/mol. The maximum atomic E-state index is 4.11. The van der Waals surface area contributed by atoms with Gasteiger partial charge in [0.25, 0.3) is 0 Å². The molecule has 0 aliphatic rings. The third kappa shape index (κ3) is 3.72. The smallest absolute Gasteiger partial charge is 0.143 e. The van der Waals surface area contributed by atoms with Crippen LogP contribution in [-0.2, 0) is 0 Å². The summed E-state index contributed by atoms with van der Waals surface area (Å²) in [5.74, 6) is 0.881. The van der Waals surface area contributed by atoms with Gasteiger partial charge in [0.05, 0.1) is 4.47 Å². The van der Waals surface area contributed by atoms with Crippen molar-refractivity contribution in [3.8, 4) is 0 Å². The molecule has 0 radical (unpaired) electrons. The summed E-state index contributed by atoms with van der Waals surface area (Å²) in [7, 11) is 0. The maximum absolute atomic E-state index is 4.11. The van der Waals surface area contributed by atoms with Crippen molar-refractivity contribution in [2.75, 3.05) is 11.9 Å². The zero-order chi connectivity index (χ0) is 9.52. The van der Waals surface area contributed by atoms with Crippen molar-refractivity contribution in [3.63, 3.8) is 0 Å². The first kappa shape index (κ1) is 10.4. The molecule has 13 heavy (non-hydrogen) atoms. The minimum atomic E-state index is 0.881. The van der Waals surface area contributed by atoms with Crippen LogP contribution >= 0.6 is 15.9 Å². The largest absolute Gasteiger partial charge is 0.369 e. The van der Waals surface area contributed by atoms with E-state index < -0.39 is 0 Å². The van der Waals surface area contributed by atoms with Crippen LogP contribution in [0, 0.1) is 0 Å². The molecule has 0 aliphatic heterocycles. The van der Waals surface area contributed by atoms with Crippen LogP contribution in [0.3, 0.4) is 0 Å². The van der Waals surface area contributed by atoms with E-state index >= 15 is 0 Å². The number of anilines is 1. The number of nitrogens with zero attached hydrogens (tertiary/aromatic N) is 2. The Hall–Kier alpha value is -0.640. The molecular formula is C9H14BrN3. The molecular weight excluding hydrogens is 230 g/mol. The van der Waals surface area contributed by atoms with Crippen molar-refractivity contribution in [1.29, 1.82) is 0 Å². The average molecular weight is 244 g/mol. The maximum Gasteiger partial charge on any atom is 0.143 e. The highest BCUT2D eigenvalue weighted by molar-refractivity contribution is 9.10. The molecule has 0 aromatic carbocycles. The molecule has 1 N–H and O–H groups in total. The quantitative estimate of drug-likeness (QED) is 0.809. The molecule has 0 atom stereocenters. The highest BCUT2D eigenvalue weighted by atomic mass is 79.9. The number of rotatable bonds is 5. The second-order valence-electron chi connectivity index (χ2n) is 2.85. The van der Waals surface area contributed by atoms with Crippen LogP contribution < -0.4 is 5.32 Å². The molecule has 72 valence electrons. The van der Waals surface area contributed by atoms with Crippen LogP contribution in [-0.4, -0.2) is 16.5 Å². The normalized spacial score (nSPS) is 10.0. The Morgan fingerprint density at radius 2 is 2.31 bits per heavy atom. The molecule has 3 nitrogen and oxygen atoms in total. The first-order valence-corrected chi connectivity index (χ1v) is 5.33. The molecule has 0 amide bonds. The van der Waals surface area contributed by atoms with Gasteiger partial charge in [0.15, 0.2) is 0 Å².